The maximum atomic E-state index is 4.56. The number of guanidine groups is 1. The minimum absolute atomic E-state index is 0.272. The minimum atomic E-state index is 0.272. The summed E-state index contributed by atoms with van der Waals surface area (Å²) in [6, 6.07) is 8.75. The molecule has 144 valence electrons. The fourth-order valence-corrected chi connectivity index (χ4v) is 4.62. The summed E-state index contributed by atoms with van der Waals surface area (Å²) in [5.74, 6) is 1.72. The van der Waals surface area contributed by atoms with Crippen LogP contribution < -0.4 is 5.32 Å². The molecule has 0 spiro atoms. The molecular weight excluding hydrogens is 402 g/mol. The third-order valence-corrected chi connectivity index (χ3v) is 6.45. The topological polar surface area (TPSA) is 45.5 Å². The molecule has 5 nitrogen and oxygen atoms in total. The molecule has 1 aliphatic heterocycles. The summed E-state index contributed by atoms with van der Waals surface area (Å²) >= 11 is 3.61. The monoisotopic (exact) mass is 429 g/mol. The van der Waals surface area contributed by atoms with Gasteiger partial charge in [0.2, 0.25) is 0 Å². The Hall–Kier alpha value is -1.82. The van der Waals surface area contributed by atoms with Gasteiger partial charge in [0.1, 0.15) is 0 Å². The predicted molar refractivity (Wildman–Crippen MR) is 113 cm³/mol. The van der Waals surface area contributed by atoms with Crippen molar-refractivity contribution in [1.29, 1.82) is 0 Å². The highest BCUT2D eigenvalue weighted by molar-refractivity contribution is 9.10. The van der Waals surface area contributed by atoms with E-state index >= 15 is 0 Å². The van der Waals surface area contributed by atoms with Gasteiger partial charge in [-0.3, -0.25) is 9.67 Å². The summed E-state index contributed by atoms with van der Waals surface area (Å²) in [6.45, 7) is 3.10. The van der Waals surface area contributed by atoms with E-state index in [4.69, 9.17) is 0 Å². The zero-order chi connectivity index (χ0) is 18.9. The lowest BCUT2D eigenvalue weighted by Crippen LogP contribution is -2.43. The van der Waals surface area contributed by atoms with E-state index in [1.165, 1.54) is 30.4 Å². The van der Waals surface area contributed by atoms with Gasteiger partial charge in [0.25, 0.3) is 0 Å². The highest BCUT2D eigenvalue weighted by Crippen LogP contribution is 2.48. The molecule has 27 heavy (non-hydrogen) atoms. The molecule has 0 bridgehead atoms. The normalized spacial score (nSPS) is 21.5. The highest BCUT2D eigenvalue weighted by Gasteiger charge is 2.44. The number of rotatable bonds is 5. The average Bonchev–Trinajstić information content (AvgIpc) is 3.13. The van der Waals surface area contributed by atoms with Crippen molar-refractivity contribution in [3.05, 3.63) is 52.3 Å². The number of aromatic nitrogens is 2. The summed E-state index contributed by atoms with van der Waals surface area (Å²) in [7, 11) is 3.88. The number of likely N-dealkylation sites (tertiary alicyclic amines) is 1. The summed E-state index contributed by atoms with van der Waals surface area (Å²) < 4.78 is 3.05. The molecule has 1 saturated carbocycles. The van der Waals surface area contributed by atoms with Crippen molar-refractivity contribution in [3.63, 3.8) is 0 Å². The lowest BCUT2D eigenvalue weighted by molar-refractivity contribution is 0.455. The Morgan fingerprint density at radius 1 is 1.41 bits per heavy atom. The van der Waals surface area contributed by atoms with Crippen LogP contribution in [0, 0.1) is 5.92 Å². The maximum Gasteiger partial charge on any atom is 0.193 e. The van der Waals surface area contributed by atoms with Crippen LogP contribution in [-0.2, 0) is 18.9 Å². The van der Waals surface area contributed by atoms with Gasteiger partial charge in [-0.25, -0.2) is 0 Å². The van der Waals surface area contributed by atoms with Gasteiger partial charge in [-0.2, -0.15) is 5.10 Å². The maximum absolute atomic E-state index is 4.56. The smallest absolute Gasteiger partial charge is 0.193 e. The van der Waals surface area contributed by atoms with E-state index in [1.807, 2.05) is 25.0 Å². The van der Waals surface area contributed by atoms with Crippen molar-refractivity contribution < 1.29 is 0 Å². The molecule has 0 amide bonds. The Morgan fingerprint density at radius 2 is 2.26 bits per heavy atom. The number of hydrogen-bond acceptors (Lipinski definition) is 2. The van der Waals surface area contributed by atoms with Crippen LogP contribution in [0.3, 0.4) is 0 Å². The van der Waals surface area contributed by atoms with Crippen molar-refractivity contribution >= 4 is 21.9 Å². The van der Waals surface area contributed by atoms with Crippen LogP contribution in [0.5, 0.6) is 0 Å². The Bertz CT molecular complexity index is 823. The molecule has 1 N–H and O–H groups in total. The number of nitrogens with zero attached hydrogens (tertiary/aromatic N) is 4. The molecule has 4 rings (SSSR count). The van der Waals surface area contributed by atoms with Crippen LogP contribution in [0.25, 0.3) is 0 Å². The SMILES string of the molecule is CN=C(NCC1(c2cccc(Br)c2)CC1)N1CCC(Cc2cnn(C)c2)C1. The number of aliphatic imine (C=N–C) groups is 1. The van der Waals surface area contributed by atoms with Crippen LogP contribution in [0.2, 0.25) is 0 Å². The second kappa shape index (κ2) is 7.66. The van der Waals surface area contributed by atoms with E-state index in [0.717, 1.165) is 36.5 Å². The lowest BCUT2D eigenvalue weighted by Gasteiger charge is -2.25. The highest BCUT2D eigenvalue weighted by atomic mass is 79.9. The molecule has 1 saturated heterocycles. The van der Waals surface area contributed by atoms with Gasteiger partial charge in [-0.1, -0.05) is 28.1 Å². The summed E-state index contributed by atoms with van der Waals surface area (Å²) in [5, 5.41) is 7.96. The number of aryl methyl sites for hydroxylation is 1. The molecule has 1 unspecified atom stereocenters. The molecule has 1 atom stereocenters. The molecule has 0 radical (unpaired) electrons. The fraction of sp³-hybridized carbons (Fsp3) is 0.524. The molecule has 2 heterocycles. The minimum Gasteiger partial charge on any atom is -0.355 e. The van der Waals surface area contributed by atoms with Crippen molar-refractivity contribution in [2.24, 2.45) is 18.0 Å². The quantitative estimate of drug-likeness (QED) is 0.585. The number of nitrogens with one attached hydrogen (secondary N) is 1. The molecule has 1 aliphatic carbocycles. The molecule has 6 heteroatoms. The van der Waals surface area contributed by atoms with Gasteiger partial charge in [-0.05, 0) is 54.9 Å². The molecule has 2 fully saturated rings. The van der Waals surface area contributed by atoms with E-state index < -0.39 is 0 Å². The summed E-state index contributed by atoms with van der Waals surface area (Å²) in [4.78, 5) is 6.98. The first-order valence-electron chi connectivity index (χ1n) is 9.77. The van der Waals surface area contributed by atoms with Gasteiger partial charge < -0.3 is 10.2 Å². The number of benzene rings is 1. The van der Waals surface area contributed by atoms with Crippen LogP contribution in [0.1, 0.15) is 30.4 Å². The number of halogens is 1. The summed E-state index contributed by atoms with van der Waals surface area (Å²) in [5.41, 5.74) is 3.03. The van der Waals surface area contributed by atoms with Crippen molar-refractivity contribution in [3.8, 4) is 0 Å². The Kier molecular flexibility index (Phi) is 5.26. The van der Waals surface area contributed by atoms with E-state index in [9.17, 15) is 0 Å². The number of hydrogen-bond donors (Lipinski definition) is 1. The lowest BCUT2D eigenvalue weighted by atomic mass is 9.96. The van der Waals surface area contributed by atoms with Crippen LogP contribution in [0.15, 0.2) is 46.1 Å². The molecule has 2 aliphatic rings. The van der Waals surface area contributed by atoms with E-state index in [0.29, 0.717) is 5.92 Å². The third-order valence-electron chi connectivity index (χ3n) is 5.96. The second-order valence-corrected chi connectivity index (χ2v) is 8.93. The first-order valence-corrected chi connectivity index (χ1v) is 10.6. The predicted octanol–water partition coefficient (Wildman–Crippen LogP) is 3.35. The van der Waals surface area contributed by atoms with Gasteiger partial charge >= 0.3 is 0 Å². The van der Waals surface area contributed by atoms with Crippen LogP contribution in [-0.4, -0.2) is 47.3 Å². The largest absolute Gasteiger partial charge is 0.355 e. The van der Waals surface area contributed by atoms with Gasteiger partial charge in [0.15, 0.2) is 5.96 Å². The van der Waals surface area contributed by atoms with Gasteiger partial charge in [0.05, 0.1) is 6.20 Å². The van der Waals surface area contributed by atoms with Crippen molar-refractivity contribution in [2.75, 3.05) is 26.7 Å². The van der Waals surface area contributed by atoms with E-state index in [1.54, 1.807) is 0 Å². The third kappa shape index (κ3) is 4.21. The fourth-order valence-electron chi connectivity index (χ4n) is 4.22. The van der Waals surface area contributed by atoms with Gasteiger partial charge in [0, 0.05) is 49.8 Å². The molecule has 1 aromatic heterocycles. The molecule has 2 aromatic rings. The van der Waals surface area contributed by atoms with Crippen LogP contribution >= 0.6 is 15.9 Å². The molecular formula is C21H28BrN5. The van der Waals surface area contributed by atoms with Crippen LogP contribution in [0.4, 0.5) is 0 Å². The first-order chi connectivity index (χ1) is 13.1. The Balaban J connectivity index is 1.33. The van der Waals surface area contributed by atoms with E-state index in [-0.39, 0.29) is 5.41 Å². The first kappa shape index (κ1) is 18.5. The van der Waals surface area contributed by atoms with Gasteiger partial charge in [-0.15, -0.1) is 0 Å². The van der Waals surface area contributed by atoms with Crippen molar-refractivity contribution in [1.82, 2.24) is 20.0 Å². The standard InChI is InChI=1S/C21H28BrN5/c1-23-20(24-15-21(7-8-21)18-4-3-5-19(22)11-18)27-9-6-16(14-27)10-17-12-25-26(2)13-17/h3-5,11-13,16H,6-10,14-15H2,1-2H3,(H,23,24). The van der Waals surface area contributed by atoms with E-state index in [2.05, 4.69) is 66.7 Å². The zero-order valence-electron chi connectivity index (χ0n) is 16.2. The zero-order valence-corrected chi connectivity index (χ0v) is 17.7. The Morgan fingerprint density at radius 3 is 2.93 bits per heavy atom. The second-order valence-electron chi connectivity index (χ2n) is 8.02. The van der Waals surface area contributed by atoms with Crippen molar-refractivity contribution in [2.45, 2.75) is 31.1 Å². The average molecular weight is 430 g/mol. The summed E-state index contributed by atoms with van der Waals surface area (Å²) in [6.07, 6.45) is 8.93. The Labute approximate surface area is 170 Å². The molecule has 1 aromatic carbocycles.